The molecule has 1 fully saturated rings. The summed E-state index contributed by atoms with van der Waals surface area (Å²) in [5.41, 5.74) is 1.22. The molecular formula is C17H25BrO2. The molecule has 1 aromatic rings. The number of aliphatic hydroxyl groups excluding tert-OH is 1. The summed E-state index contributed by atoms with van der Waals surface area (Å²) >= 11 is 3.52. The lowest BCUT2D eigenvalue weighted by Crippen LogP contribution is -2.24. The van der Waals surface area contributed by atoms with Crippen LogP contribution < -0.4 is 4.74 Å². The van der Waals surface area contributed by atoms with Gasteiger partial charge in [0.25, 0.3) is 0 Å². The van der Waals surface area contributed by atoms with E-state index >= 15 is 0 Å². The molecular weight excluding hydrogens is 316 g/mol. The molecule has 2 rings (SSSR count). The normalized spacial score (nSPS) is 22.8. The van der Waals surface area contributed by atoms with Crippen LogP contribution in [-0.4, -0.2) is 17.8 Å². The summed E-state index contributed by atoms with van der Waals surface area (Å²) in [4.78, 5) is 0. The lowest BCUT2D eigenvalue weighted by atomic mass is 9.84. The smallest absolute Gasteiger partial charge is 0.120 e. The Labute approximate surface area is 130 Å². The van der Waals surface area contributed by atoms with E-state index in [9.17, 15) is 0 Å². The van der Waals surface area contributed by atoms with Gasteiger partial charge in [-0.2, -0.15) is 0 Å². The molecule has 0 saturated heterocycles. The highest BCUT2D eigenvalue weighted by atomic mass is 79.9. The quantitative estimate of drug-likeness (QED) is 0.749. The SMILES string of the molecule is Cc1cc(OC2CCC(CCCCO)CC2)ccc1Br. The summed E-state index contributed by atoms with van der Waals surface area (Å²) in [5.74, 6) is 1.84. The maximum atomic E-state index is 8.82. The van der Waals surface area contributed by atoms with Crippen molar-refractivity contribution in [3.63, 3.8) is 0 Å². The number of rotatable bonds is 6. The van der Waals surface area contributed by atoms with Crippen LogP contribution in [0.1, 0.15) is 50.5 Å². The number of hydrogen-bond acceptors (Lipinski definition) is 2. The fourth-order valence-electron chi connectivity index (χ4n) is 2.97. The van der Waals surface area contributed by atoms with Gasteiger partial charge < -0.3 is 9.84 Å². The Balaban J connectivity index is 1.75. The van der Waals surface area contributed by atoms with Crippen LogP contribution in [0.4, 0.5) is 0 Å². The monoisotopic (exact) mass is 340 g/mol. The summed E-state index contributed by atoms with van der Waals surface area (Å²) in [6, 6.07) is 6.22. The fraction of sp³-hybridized carbons (Fsp3) is 0.647. The number of aryl methyl sites for hydroxylation is 1. The summed E-state index contributed by atoms with van der Waals surface area (Å²) in [6.07, 6.45) is 8.64. The van der Waals surface area contributed by atoms with Gasteiger partial charge in [-0.3, -0.25) is 0 Å². The summed E-state index contributed by atoms with van der Waals surface area (Å²) in [6.45, 7) is 2.43. The zero-order chi connectivity index (χ0) is 14.4. The molecule has 2 nitrogen and oxygen atoms in total. The number of ether oxygens (including phenoxy) is 1. The van der Waals surface area contributed by atoms with Crippen molar-refractivity contribution in [3.05, 3.63) is 28.2 Å². The predicted octanol–water partition coefficient (Wildman–Crippen LogP) is 4.86. The van der Waals surface area contributed by atoms with Crippen LogP contribution >= 0.6 is 15.9 Å². The third-order valence-corrected chi connectivity index (χ3v) is 5.14. The molecule has 1 aliphatic carbocycles. The van der Waals surface area contributed by atoms with Crippen molar-refractivity contribution in [1.82, 2.24) is 0 Å². The van der Waals surface area contributed by atoms with E-state index in [4.69, 9.17) is 9.84 Å². The third-order valence-electron chi connectivity index (χ3n) is 4.25. The molecule has 3 heteroatoms. The van der Waals surface area contributed by atoms with E-state index in [1.165, 1.54) is 44.1 Å². The highest BCUT2D eigenvalue weighted by Crippen LogP contribution is 2.31. The standard InChI is InChI=1S/C17H25BrO2/c1-13-12-16(9-10-17(13)18)20-15-7-5-14(6-8-15)4-2-3-11-19/h9-10,12,14-15,19H,2-8,11H2,1H3. The lowest BCUT2D eigenvalue weighted by Gasteiger charge is -2.29. The zero-order valence-electron chi connectivity index (χ0n) is 12.3. The average Bonchev–Trinajstić information content (AvgIpc) is 2.45. The van der Waals surface area contributed by atoms with Gasteiger partial charge in [0, 0.05) is 11.1 Å². The Hall–Kier alpha value is -0.540. The Morgan fingerprint density at radius 2 is 1.95 bits per heavy atom. The highest BCUT2D eigenvalue weighted by Gasteiger charge is 2.22. The molecule has 112 valence electrons. The van der Waals surface area contributed by atoms with E-state index in [1.54, 1.807) is 0 Å². The molecule has 0 amide bonds. The predicted molar refractivity (Wildman–Crippen MR) is 86.2 cm³/mol. The topological polar surface area (TPSA) is 29.5 Å². The van der Waals surface area contributed by atoms with Crippen molar-refractivity contribution in [1.29, 1.82) is 0 Å². The summed E-state index contributed by atoms with van der Waals surface area (Å²) < 4.78 is 7.24. The average molecular weight is 341 g/mol. The fourth-order valence-corrected chi connectivity index (χ4v) is 3.21. The molecule has 0 spiro atoms. The van der Waals surface area contributed by atoms with Gasteiger partial charge >= 0.3 is 0 Å². The second kappa shape index (κ2) is 8.04. The largest absolute Gasteiger partial charge is 0.490 e. The number of aliphatic hydroxyl groups is 1. The van der Waals surface area contributed by atoms with Gasteiger partial charge in [-0.15, -0.1) is 0 Å². The van der Waals surface area contributed by atoms with Crippen molar-refractivity contribution in [2.24, 2.45) is 5.92 Å². The minimum absolute atomic E-state index is 0.335. The van der Waals surface area contributed by atoms with E-state index in [2.05, 4.69) is 35.0 Å². The molecule has 1 N–H and O–H groups in total. The van der Waals surface area contributed by atoms with Crippen LogP contribution in [0.2, 0.25) is 0 Å². The Kier molecular flexibility index (Phi) is 6.37. The third kappa shape index (κ3) is 4.78. The molecule has 0 aliphatic heterocycles. The zero-order valence-corrected chi connectivity index (χ0v) is 13.9. The minimum Gasteiger partial charge on any atom is -0.490 e. The van der Waals surface area contributed by atoms with Gasteiger partial charge in [0.15, 0.2) is 0 Å². The molecule has 20 heavy (non-hydrogen) atoms. The number of unbranched alkanes of at least 4 members (excludes halogenated alkanes) is 1. The molecule has 0 unspecified atom stereocenters. The summed E-state index contributed by atoms with van der Waals surface area (Å²) in [7, 11) is 0. The van der Waals surface area contributed by atoms with Gasteiger partial charge in [-0.25, -0.2) is 0 Å². The molecule has 0 aromatic heterocycles. The maximum Gasteiger partial charge on any atom is 0.120 e. The van der Waals surface area contributed by atoms with Crippen molar-refractivity contribution in [3.8, 4) is 5.75 Å². The van der Waals surface area contributed by atoms with E-state index < -0.39 is 0 Å². The molecule has 1 aromatic carbocycles. The van der Waals surface area contributed by atoms with Crippen molar-refractivity contribution in [2.45, 2.75) is 58.0 Å². The molecule has 0 heterocycles. The highest BCUT2D eigenvalue weighted by molar-refractivity contribution is 9.10. The number of halogens is 1. The second-order valence-corrected chi connectivity index (χ2v) is 6.75. The van der Waals surface area contributed by atoms with Crippen LogP contribution in [0.25, 0.3) is 0 Å². The van der Waals surface area contributed by atoms with E-state index in [0.29, 0.717) is 12.7 Å². The molecule has 1 saturated carbocycles. The number of hydrogen-bond donors (Lipinski definition) is 1. The molecule has 0 bridgehead atoms. The molecule has 0 radical (unpaired) electrons. The lowest BCUT2D eigenvalue weighted by molar-refractivity contribution is 0.126. The summed E-state index contributed by atoms with van der Waals surface area (Å²) in [5, 5.41) is 8.82. The van der Waals surface area contributed by atoms with E-state index in [-0.39, 0.29) is 0 Å². The number of benzene rings is 1. The van der Waals surface area contributed by atoms with Gasteiger partial charge in [0.05, 0.1) is 6.10 Å². The Morgan fingerprint density at radius 1 is 1.20 bits per heavy atom. The molecule has 1 aliphatic rings. The van der Waals surface area contributed by atoms with Crippen LogP contribution in [-0.2, 0) is 0 Å². The van der Waals surface area contributed by atoms with Gasteiger partial charge in [-0.05, 0) is 68.7 Å². The van der Waals surface area contributed by atoms with Crippen LogP contribution in [0.3, 0.4) is 0 Å². The minimum atomic E-state index is 0.335. The first-order valence-electron chi connectivity index (χ1n) is 7.72. The van der Waals surface area contributed by atoms with Crippen LogP contribution in [0, 0.1) is 12.8 Å². The second-order valence-electron chi connectivity index (χ2n) is 5.89. The van der Waals surface area contributed by atoms with E-state index in [0.717, 1.165) is 22.6 Å². The molecule has 0 atom stereocenters. The maximum absolute atomic E-state index is 8.82. The van der Waals surface area contributed by atoms with E-state index in [1.807, 2.05) is 6.07 Å². The Bertz CT molecular complexity index is 411. The van der Waals surface area contributed by atoms with Gasteiger partial charge in [0.2, 0.25) is 0 Å². The first kappa shape index (κ1) is 15.8. The van der Waals surface area contributed by atoms with Crippen LogP contribution in [0.15, 0.2) is 22.7 Å². The first-order chi connectivity index (χ1) is 9.69. The van der Waals surface area contributed by atoms with Crippen molar-refractivity contribution >= 4 is 15.9 Å². The van der Waals surface area contributed by atoms with Gasteiger partial charge in [0.1, 0.15) is 5.75 Å². The van der Waals surface area contributed by atoms with Crippen molar-refractivity contribution in [2.75, 3.05) is 6.61 Å². The van der Waals surface area contributed by atoms with Gasteiger partial charge in [-0.1, -0.05) is 28.8 Å². The van der Waals surface area contributed by atoms with Crippen LogP contribution in [0.5, 0.6) is 5.75 Å². The first-order valence-corrected chi connectivity index (χ1v) is 8.52. The van der Waals surface area contributed by atoms with Crippen molar-refractivity contribution < 1.29 is 9.84 Å². The Morgan fingerprint density at radius 3 is 2.60 bits per heavy atom.